The van der Waals surface area contributed by atoms with Crippen molar-refractivity contribution in [1.29, 1.82) is 0 Å². The number of nitrogens with zero attached hydrogens (tertiary/aromatic N) is 5. The third-order valence-corrected chi connectivity index (χ3v) is 14.2. The van der Waals surface area contributed by atoms with Crippen molar-refractivity contribution in [3.63, 3.8) is 0 Å². The van der Waals surface area contributed by atoms with Crippen LogP contribution < -0.4 is 25.4 Å². The lowest BCUT2D eigenvalue weighted by atomic mass is 9.82. The first-order valence-corrected chi connectivity index (χ1v) is 22.5. The molecule has 1 unspecified atom stereocenters. The fourth-order valence-electron chi connectivity index (χ4n) is 8.47. The molecule has 7 rings (SSSR count). The van der Waals surface area contributed by atoms with Gasteiger partial charge in [-0.2, -0.15) is 4.80 Å². The van der Waals surface area contributed by atoms with Crippen molar-refractivity contribution in [2.24, 2.45) is 17.3 Å². The smallest absolute Gasteiger partial charge is 0.259 e. The minimum absolute atomic E-state index is 0.157. The molecule has 20 heteroatoms. The van der Waals surface area contributed by atoms with E-state index in [1.165, 1.54) is 16.8 Å². The quantitative estimate of drug-likeness (QED) is 0.174. The number of alkyl halides is 2. The molecule has 5 amide bonds. The number of methoxy groups -OCH3 is 1. The Morgan fingerprint density at radius 2 is 1.60 bits per heavy atom. The van der Waals surface area contributed by atoms with Crippen molar-refractivity contribution < 1.29 is 45.9 Å². The molecule has 0 radical (unpaired) electrons. The molecule has 1 aromatic heterocycles. The summed E-state index contributed by atoms with van der Waals surface area (Å²) in [6.45, 7) is 5.00. The van der Waals surface area contributed by atoms with E-state index in [1.54, 1.807) is 75.4 Å². The summed E-state index contributed by atoms with van der Waals surface area (Å²) in [5.74, 6) is -5.05. The van der Waals surface area contributed by atoms with Crippen LogP contribution in [0.1, 0.15) is 95.0 Å². The summed E-state index contributed by atoms with van der Waals surface area (Å²) in [4.78, 5) is 73.3. The van der Waals surface area contributed by atoms with Crippen LogP contribution in [0.3, 0.4) is 0 Å². The van der Waals surface area contributed by atoms with Gasteiger partial charge in [-0.15, -0.1) is 10.2 Å². The van der Waals surface area contributed by atoms with Gasteiger partial charge in [0.25, 0.3) is 11.8 Å². The number of hydrogen-bond acceptors (Lipinski definition) is 11. The lowest BCUT2D eigenvalue weighted by molar-refractivity contribution is -0.145. The standard InChI is InChI=1S/C42H53F2N9O8S/c1-41(2,3)33(46-38(56)32(24-11-7-5-8-12-24)45-36(54)26-13-9-6-10-14-26)39(57)52-23-27(53-49-35(48-51-53)25-15-17-28(61-4)18-16-25)21-31(52)37(55)47-42(22-30(42)34(43)44)40(58)50-62(59,60)29-19-20-29/h6,9-10,13-18,24,27,29-34H,5,7-8,11-12,19-23H2,1-4H3,(H,45,54)(H,46,56)(H,47,55)(H,50,58)/t27-,30+,31?,32+,33-,42-/m1/s1. The van der Waals surface area contributed by atoms with E-state index in [1.807, 2.05) is 4.72 Å². The van der Waals surface area contributed by atoms with Crippen LogP contribution in [0.15, 0.2) is 54.6 Å². The van der Waals surface area contributed by atoms with E-state index in [4.69, 9.17) is 4.74 Å². The number of ether oxygens (including phenoxy) is 1. The number of aromatic nitrogens is 4. The first-order chi connectivity index (χ1) is 29.4. The van der Waals surface area contributed by atoms with Gasteiger partial charge in [-0.3, -0.25) is 28.7 Å². The van der Waals surface area contributed by atoms with Crippen LogP contribution in [-0.4, -0.2) is 112 Å². The number of likely N-dealkylation sites (tertiary alicyclic amines) is 1. The Morgan fingerprint density at radius 3 is 2.19 bits per heavy atom. The van der Waals surface area contributed by atoms with Crippen LogP contribution in [0.5, 0.6) is 5.75 Å². The summed E-state index contributed by atoms with van der Waals surface area (Å²) in [6, 6.07) is 10.9. The fraction of sp³-hybridized carbons (Fsp3) is 0.571. The Balaban J connectivity index is 1.18. The van der Waals surface area contributed by atoms with Crippen LogP contribution in [-0.2, 0) is 29.2 Å². The Labute approximate surface area is 358 Å². The van der Waals surface area contributed by atoms with E-state index in [9.17, 15) is 41.2 Å². The molecule has 3 saturated carbocycles. The molecule has 2 aromatic carbocycles. The van der Waals surface area contributed by atoms with Crippen molar-refractivity contribution in [2.75, 3.05) is 13.7 Å². The molecule has 62 heavy (non-hydrogen) atoms. The second-order valence-electron chi connectivity index (χ2n) is 17.9. The third kappa shape index (κ3) is 9.58. The van der Waals surface area contributed by atoms with Crippen LogP contribution in [0.2, 0.25) is 0 Å². The molecular formula is C42H53F2N9O8S. The summed E-state index contributed by atoms with van der Waals surface area (Å²) < 4.78 is 61.2. The maximum absolute atomic E-state index is 15.0. The van der Waals surface area contributed by atoms with Crippen LogP contribution in [0.25, 0.3) is 11.4 Å². The number of carbonyl (C=O) groups is 5. The average Bonchev–Trinajstić information content (AvgIpc) is 4.14. The third-order valence-electron chi connectivity index (χ3n) is 12.4. The number of hydrogen-bond donors (Lipinski definition) is 4. The number of halogens is 2. The first kappa shape index (κ1) is 44.5. The topological polar surface area (TPSA) is 224 Å². The number of sulfonamides is 1. The van der Waals surface area contributed by atoms with Crippen LogP contribution in [0, 0.1) is 17.3 Å². The monoisotopic (exact) mass is 881 g/mol. The van der Waals surface area contributed by atoms with Gasteiger partial charge >= 0.3 is 0 Å². The van der Waals surface area contributed by atoms with Gasteiger partial charge < -0.3 is 25.6 Å². The molecule has 3 aliphatic carbocycles. The highest BCUT2D eigenvalue weighted by molar-refractivity contribution is 7.91. The Kier molecular flexibility index (Phi) is 12.7. The molecule has 4 N–H and O–H groups in total. The predicted octanol–water partition coefficient (Wildman–Crippen LogP) is 3.15. The van der Waals surface area contributed by atoms with Gasteiger partial charge in [-0.25, -0.2) is 17.2 Å². The molecule has 334 valence electrons. The number of benzene rings is 2. The normalized spacial score (nSPS) is 23.9. The second-order valence-corrected chi connectivity index (χ2v) is 19.8. The molecule has 0 bridgehead atoms. The molecule has 2 heterocycles. The van der Waals surface area contributed by atoms with Crippen molar-refractivity contribution in [3.05, 3.63) is 60.2 Å². The number of tetrazole rings is 1. The van der Waals surface area contributed by atoms with Gasteiger partial charge in [-0.1, -0.05) is 58.2 Å². The van der Waals surface area contributed by atoms with Crippen molar-refractivity contribution in [1.82, 2.24) is 45.8 Å². The zero-order valence-corrected chi connectivity index (χ0v) is 35.9. The van der Waals surface area contributed by atoms with Crippen LogP contribution >= 0.6 is 0 Å². The van der Waals surface area contributed by atoms with Crippen molar-refractivity contribution >= 4 is 39.6 Å². The van der Waals surface area contributed by atoms with Gasteiger partial charge in [0.2, 0.25) is 40.0 Å². The zero-order chi connectivity index (χ0) is 44.6. The van der Waals surface area contributed by atoms with Gasteiger partial charge in [-0.05, 0) is 85.0 Å². The predicted molar refractivity (Wildman–Crippen MR) is 220 cm³/mol. The van der Waals surface area contributed by atoms with Crippen molar-refractivity contribution in [2.45, 2.75) is 120 Å². The van der Waals surface area contributed by atoms with E-state index >= 15 is 0 Å². The van der Waals surface area contributed by atoms with Crippen LogP contribution in [0.4, 0.5) is 8.78 Å². The number of nitrogens with one attached hydrogen (secondary N) is 4. The Hall–Kier alpha value is -5.53. The van der Waals surface area contributed by atoms with E-state index < -0.39 is 98.7 Å². The molecule has 3 aromatic rings. The molecule has 17 nitrogen and oxygen atoms in total. The SMILES string of the molecule is COc1ccc(-c2nnn([C@@H]3CC(C(=O)N[C@]4(C(=O)NS(=O)(=O)C5CC5)C[C@H]4C(F)F)N(C(=O)[C@@H](NC(=O)[C@@H](NC(=O)c4ccccc4)C4CCCCC4)C(C)(C)C)C3)n2)cc1. The fourth-order valence-corrected chi connectivity index (χ4v) is 9.84. The largest absolute Gasteiger partial charge is 0.497 e. The maximum Gasteiger partial charge on any atom is 0.259 e. The minimum Gasteiger partial charge on any atom is -0.497 e. The highest BCUT2D eigenvalue weighted by atomic mass is 32.2. The minimum atomic E-state index is -4.17. The molecule has 0 spiro atoms. The summed E-state index contributed by atoms with van der Waals surface area (Å²) in [5.41, 5.74) is -2.27. The molecule has 1 aliphatic heterocycles. The molecule has 1 saturated heterocycles. The van der Waals surface area contributed by atoms with Gasteiger partial charge in [0.15, 0.2) is 0 Å². The molecule has 6 atom stereocenters. The maximum atomic E-state index is 15.0. The van der Waals surface area contributed by atoms with Gasteiger partial charge in [0.1, 0.15) is 29.4 Å². The van der Waals surface area contributed by atoms with Crippen molar-refractivity contribution in [3.8, 4) is 17.1 Å². The number of rotatable bonds is 15. The molecular weight excluding hydrogens is 829 g/mol. The van der Waals surface area contributed by atoms with Gasteiger partial charge in [0, 0.05) is 24.1 Å². The summed E-state index contributed by atoms with van der Waals surface area (Å²) in [5, 5.41) is 20.4. The number of carbonyl (C=O) groups excluding carboxylic acids is 5. The first-order valence-electron chi connectivity index (χ1n) is 21.0. The molecule has 4 aliphatic rings. The van der Waals surface area contributed by atoms with Gasteiger partial charge in [0.05, 0.1) is 24.3 Å². The highest BCUT2D eigenvalue weighted by Gasteiger charge is 2.67. The summed E-state index contributed by atoms with van der Waals surface area (Å²) in [6.07, 6.45) is 0.920. The van der Waals surface area contributed by atoms with E-state index in [-0.39, 0.29) is 24.7 Å². The van der Waals surface area contributed by atoms with E-state index in [0.717, 1.165) is 19.3 Å². The molecule has 4 fully saturated rings. The summed E-state index contributed by atoms with van der Waals surface area (Å²) in [7, 11) is -2.64. The lowest BCUT2D eigenvalue weighted by Crippen LogP contribution is -2.62. The zero-order valence-electron chi connectivity index (χ0n) is 35.1. The highest BCUT2D eigenvalue weighted by Crippen LogP contribution is 2.48. The van der Waals surface area contributed by atoms with E-state index in [2.05, 4.69) is 31.4 Å². The average molecular weight is 882 g/mol. The second kappa shape index (κ2) is 17.7. The Morgan fingerprint density at radius 1 is 0.919 bits per heavy atom. The lowest BCUT2D eigenvalue weighted by Gasteiger charge is -2.37. The summed E-state index contributed by atoms with van der Waals surface area (Å²) >= 11 is 0. The van der Waals surface area contributed by atoms with E-state index in [0.29, 0.717) is 42.6 Å². The number of amides is 5. The Bertz CT molecular complexity index is 2260.